The van der Waals surface area contributed by atoms with Gasteiger partial charge in [0.15, 0.2) is 0 Å². The molecule has 7 aromatic rings. The zero-order valence-corrected chi connectivity index (χ0v) is 26.6. The number of hydrogen-bond donors (Lipinski definition) is 0. The second-order valence-corrected chi connectivity index (χ2v) is 13.3. The van der Waals surface area contributed by atoms with E-state index in [0.29, 0.717) is 0 Å². The van der Waals surface area contributed by atoms with Crippen molar-refractivity contribution in [3.05, 3.63) is 203 Å². The van der Waals surface area contributed by atoms with Gasteiger partial charge in [0, 0.05) is 16.5 Å². The fraction of sp³-hybridized carbons (Fsp3) is 0.0870. The highest BCUT2D eigenvalue weighted by molar-refractivity contribution is 5.96. The third-order valence-corrected chi connectivity index (χ3v) is 10.4. The predicted octanol–water partition coefficient (Wildman–Crippen LogP) is 11.8. The summed E-state index contributed by atoms with van der Waals surface area (Å²) in [6.07, 6.45) is 0. The highest BCUT2D eigenvalue weighted by Gasteiger charge is 2.46. The van der Waals surface area contributed by atoms with Crippen molar-refractivity contribution >= 4 is 0 Å². The van der Waals surface area contributed by atoms with E-state index < -0.39 is 5.41 Å². The largest absolute Gasteiger partial charge is 0.457 e. The minimum absolute atomic E-state index is 0.167. The molecule has 0 N–H and O–H groups in total. The molecule has 47 heavy (non-hydrogen) atoms. The molecule has 1 nitrogen and oxygen atoms in total. The third-order valence-electron chi connectivity index (χ3n) is 10.4. The van der Waals surface area contributed by atoms with E-state index in [1.807, 2.05) is 6.07 Å². The Morgan fingerprint density at radius 1 is 0.383 bits per heavy atom. The Labute approximate surface area is 276 Å². The lowest BCUT2D eigenvalue weighted by Crippen LogP contribution is -2.28. The van der Waals surface area contributed by atoms with Crippen molar-refractivity contribution < 1.29 is 4.74 Å². The van der Waals surface area contributed by atoms with Crippen LogP contribution in [0.25, 0.3) is 33.4 Å². The summed E-state index contributed by atoms with van der Waals surface area (Å²) in [6, 6.07) is 62.0. The van der Waals surface area contributed by atoms with Crippen molar-refractivity contribution in [2.75, 3.05) is 0 Å². The van der Waals surface area contributed by atoms with Crippen molar-refractivity contribution in [3.8, 4) is 44.9 Å². The molecule has 1 aliphatic heterocycles. The van der Waals surface area contributed by atoms with Crippen LogP contribution in [0.3, 0.4) is 0 Å². The Morgan fingerprint density at radius 2 is 0.936 bits per heavy atom. The van der Waals surface area contributed by atoms with Crippen LogP contribution in [0.1, 0.15) is 47.2 Å². The van der Waals surface area contributed by atoms with E-state index in [1.54, 1.807) is 0 Å². The molecule has 0 spiro atoms. The molecule has 1 aliphatic carbocycles. The lowest BCUT2D eigenvalue weighted by Gasteiger charge is -2.34. The summed E-state index contributed by atoms with van der Waals surface area (Å²) in [5, 5.41) is 0. The first-order valence-electron chi connectivity index (χ1n) is 16.4. The summed E-state index contributed by atoms with van der Waals surface area (Å²) < 4.78 is 6.37. The summed E-state index contributed by atoms with van der Waals surface area (Å²) in [4.78, 5) is 0. The molecular formula is C46H34O. The SMILES string of the molecule is CC1(C)c2ccccc2Oc2ccc(-c3cccc(-c4cccc5c4-c4ccccc4C5(c4ccccc4)c4ccccc4)c3)cc21. The standard InChI is InChI=1S/C46H34O/c1-45(2)39-24-11-12-26-42(39)47-43-28-27-32(30-41(43)45)31-15-13-16-33(29-31)36-22-14-25-40-44(36)37-21-9-10-23-38(37)46(40,34-17-5-3-6-18-34)35-19-7-4-8-20-35/h3-30H,1-2H3. The lowest BCUT2D eigenvalue weighted by molar-refractivity contribution is 0.418. The molecule has 224 valence electrons. The number of para-hydroxylation sites is 1. The molecule has 1 heterocycles. The molecule has 0 bridgehead atoms. The Balaban J connectivity index is 1.23. The topological polar surface area (TPSA) is 9.23 Å². The van der Waals surface area contributed by atoms with Gasteiger partial charge in [0.05, 0.1) is 5.41 Å². The molecule has 0 radical (unpaired) electrons. The number of hydrogen-bond acceptors (Lipinski definition) is 1. The third kappa shape index (κ3) is 4.03. The quantitative estimate of drug-likeness (QED) is 0.195. The van der Waals surface area contributed by atoms with Gasteiger partial charge in [-0.25, -0.2) is 0 Å². The molecule has 0 amide bonds. The maximum absolute atomic E-state index is 6.37. The molecule has 0 saturated carbocycles. The van der Waals surface area contributed by atoms with E-state index in [4.69, 9.17) is 4.74 Å². The first kappa shape index (κ1) is 27.6. The number of fused-ring (bicyclic) bond motifs is 5. The van der Waals surface area contributed by atoms with E-state index in [9.17, 15) is 0 Å². The molecule has 0 fully saturated rings. The van der Waals surface area contributed by atoms with Crippen LogP contribution in [0.2, 0.25) is 0 Å². The summed E-state index contributed by atoms with van der Waals surface area (Å²) in [5.41, 5.74) is 14.5. The van der Waals surface area contributed by atoms with Gasteiger partial charge in [-0.3, -0.25) is 0 Å². The first-order valence-corrected chi connectivity index (χ1v) is 16.4. The maximum Gasteiger partial charge on any atom is 0.131 e. The zero-order chi connectivity index (χ0) is 31.6. The van der Waals surface area contributed by atoms with Gasteiger partial charge in [0.1, 0.15) is 11.5 Å². The van der Waals surface area contributed by atoms with Gasteiger partial charge in [-0.1, -0.05) is 159 Å². The molecule has 0 unspecified atom stereocenters. The van der Waals surface area contributed by atoms with E-state index >= 15 is 0 Å². The highest BCUT2D eigenvalue weighted by Crippen LogP contribution is 2.58. The summed E-state index contributed by atoms with van der Waals surface area (Å²) in [7, 11) is 0. The average molecular weight is 603 g/mol. The Bertz CT molecular complexity index is 2260. The molecule has 0 aromatic heterocycles. The van der Waals surface area contributed by atoms with Crippen molar-refractivity contribution in [2.45, 2.75) is 24.7 Å². The number of ether oxygens (including phenoxy) is 1. The molecule has 0 saturated heterocycles. The summed E-state index contributed by atoms with van der Waals surface area (Å²) >= 11 is 0. The normalized spacial score (nSPS) is 14.7. The number of rotatable bonds is 4. The van der Waals surface area contributed by atoms with E-state index in [2.05, 4.69) is 178 Å². The van der Waals surface area contributed by atoms with E-state index in [-0.39, 0.29) is 5.41 Å². The van der Waals surface area contributed by atoms with Gasteiger partial charge >= 0.3 is 0 Å². The molecular weight excluding hydrogens is 569 g/mol. The first-order chi connectivity index (χ1) is 23.1. The van der Waals surface area contributed by atoms with Gasteiger partial charge in [-0.05, 0) is 79.9 Å². The second-order valence-electron chi connectivity index (χ2n) is 13.3. The molecule has 2 aliphatic rings. The fourth-order valence-corrected chi connectivity index (χ4v) is 8.22. The summed E-state index contributed by atoms with van der Waals surface area (Å²) in [5.74, 6) is 1.88. The smallest absolute Gasteiger partial charge is 0.131 e. The van der Waals surface area contributed by atoms with Gasteiger partial charge in [0.2, 0.25) is 0 Å². The van der Waals surface area contributed by atoms with Crippen molar-refractivity contribution in [1.82, 2.24) is 0 Å². The maximum atomic E-state index is 6.37. The van der Waals surface area contributed by atoms with Gasteiger partial charge < -0.3 is 4.74 Å². The Morgan fingerprint density at radius 3 is 1.70 bits per heavy atom. The Hall–Kier alpha value is -5.66. The van der Waals surface area contributed by atoms with Crippen LogP contribution in [-0.4, -0.2) is 0 Å². The minimum atomic E-state index is -0.414. The predicted molar refractivity (Wildman–Crippen MR) is 193 cm³/mol. The zero-order valence-electron chi connectivity index (χ0n) is 26.6. The van der Waals surface area contributed by atoms with E-state index in [1.165, 1.54) is 66.8 Å². The van der Waals surface area contributed by atoms with E-state index in [0.717, 1.165) is 11.5 Å². The van der Waals surface area contributed by atoms with Crippen LogP contribution in [0, 0.1) is 0 Å². The van der Waals surface area contributed by atoms with Crippen LogP contribution in [-0.2, 0) is 10.8 Å². The second kappa shape index (κ2) is 10.4. The highest BCUT2D eigenvalue weighted by atomic mass is 16.5. The Kier molecular flexibility index (Phi) is 6.14. The lowest BCUT2D eigenvalue weighted by atomic mass is 9.67. The van der Waals surface area contributed by atoms with Crippen LogP contribution in [0.4, 0.5) is 0 Å². The van der Waals surface area contributed by atoms with Gasteiger partial charge in [-0.2, -0.15) is 0 Å². The van der Waals surface area contributed by atoms with Gasteiger partial charge in [0.25, 0.3) is 0 Å². The van der Waals surface area contributed by atoms with Crippen LogP contribution >= 0.6 is 0 Å². The van der Waals surface area contributed by atoms with Crippen LogP contribution < -0.4 is 4.74 Å². The molecule has 0 atom stereocenters. The minimum Gasteiger partial charge on any atom is -0.457 e. The van der Waals surface area contributed by atoms with Crippen molar-refractivity contribution in [1.29, 1.82) is 0 Å². The number of benzene rings is 7. The van der Waals surface area contributed by atoms with Crippen LogP contribution in [0.5, 0.6) is 11.5 Å². The van der Waals surface area contributed by atoms with Crippen molar-refractivity contribution in [2.24, 2.45) is 0 Å². The molecule has 9 rings (SSSR count). The molecule has 1 heteroatoms. The summed E-state index contributed by atoms with van der Waals surface area (Å²) in [6.45, 7) is 4.59. The fourth-order valence-electron chi connectivity index (χ4n) is 8.22. The van der Waals surface area contributed by atoms with Gasteiger partial charge in [-0.15, -0.1) is 0 Å². The molecule has 7 aromatic carbocycles. The van der Waals surface area contributed by atoms with Crippen LogP contribution in [0.15, 0.2) is 170 Å². The monoisotopic (exact) mass is 602 g/mol. The van der Waals surface area contributed by atoms with Crippen molar-refractivity contribution in [3.63, 3.8) is 0 Å². The average Bonchev–Trinajstić information content (AvgIpc) is 3.44.